The van der Waals surface area contributed by atoms with Crippen LogP contribution in [-0.4, -0.2) is 89.2 Å². The van der Waals surface area contributed by atoms with Gasteiger partial charge >= 0.3 is 23.9 Å². The van der Waals surface area contributed by atoms with Crippen LogP contribution in [0.25, 0.3) is 0 Å². The van der Waals surface area contributed by atoms with Crippen LogP contribution in [0.5, 0.6) is 0 Å². The van der Waals surface area contributed by atoms with Crippen molar-refractivity contribution < 1.29 is 58.2 Å². The minimum absolute atomic E-state index is 0.0633. The van der Waals surface area contributed by atoms with Crippen molar-refractivity contribution in [3.63, 3.8) is 0 Å². The van der Waals surface area contributed by atoms with E-state index in [0.29, 0.717) is 19.3 Å². The van der Waals surface area contributed by atoms with Crippen molar-refractivity contribution in [1.29, 1.82) is 0 Å². The third-order valence-corrected chi connectivity index (χ3v) is 13.7. The Kier molecular flexibility index (Phi) is 46.4. The van der Waals surface area contributed by atoms with Gasteiger partial charge in [0.05, 0.1) is 6.61 Å². The van der Waals surface area contributed by atoms with Gasteiger partial charge in [-0.05, 0) is 77.0 Å². The predicted octanol–water partition coefficient (Wildman–Crippen LogP) is 15.2. The maximum Gasteiger partial charge on any atom is 0.335 e. The van der Waals surface area contributed by atoms with Crippen LogP contribution in [0.4, 0.5) is 0 Å². The maximum absolute atomic E-state index is 13.1. The third kappa shape index (κ3) is 39.9. The number of allylic oxidation sites excluding steroid dienone is 6. The Balaban J connectivity index is 2.69. The number of carboxylic acids is 1. The zero-order valence-corrected chi connectivity index (χ0v) is 46.6. The molecular formula is C61H108O12. The van der Waals surface area contributed by atoms with Gasteiger partial charge in [0, 0.05) is 19.3 Å². The van der Waals surface area contributed by atoms with E-state index in [1.165, 1.54) is 109 Å². The van der Waals surface area contributed by atoms with Crippen LogP contribution in [0.1, 0.15) is 278 Å². The molecule has 0 aliphatic carbocycles. The first-order chi connectivity index (χ1) is 35.6. The molecule has 0 aromatic carbocycles. The highest BCUT2D eigenvalue weighted by Crippen LogP contribution is 2.26. The zero-order chi connectivity index (χ0) is 53.3. The summed E-state index contributed by atoms with van der Waals surface area (Å²) >= 11 is 0. The van der Waals surface area contributed by atoms with Gasteiger partial charge in [-0.3, -0.25) is 14.4 Å². The van der Waals surface area contributed by atoms with E-state index in [4.69, 9.17) is 23.7 Å². The average Bonchev–Trinajstić information content (AvgIpc) is 3.37. The van der Waals surface area contributed by atoms with E-state index in [9.17, 15) is 34.5 Å². The summed E-state index contributed by atoms with van der Waals surface area (Å²) in [6.07, 6.45) is 45.4. The van der Waals surface area contributed by atoms with Gasteiger partial charge in [0.2, 0.25) is 0 Å². The summed E-state index contributed by atoms with van der Waals surface area (Å²) < 4.78 is 28.4. The summed E-state index contributed by atoms with van der Waals surface area (Å²) in [7, 11) is 0. The van der Waals surface area contributed by atoms with Crippen molar-refractivity contribution in [2.24, 2.45) is 0 Å². The van der Waals surface area contributed by atoms with Gasteiger partial charge < -0.3 is 39.0 Å². The number of unbranched alkanes of at least 4 members (excludes halogenated alkanes) is 31. The van der Waals surface area contributed by atoms with Crippen molar-refractivity contribution in [3.8, 4) is 0 Å². The lowest BCUT2D eigenvalue weighted by molar-refractivity contribution is -0.301. The summed E-state index contributed by atoms with van der Waals surface area (Å²) in [5.41, 5.74) is 0. The lowest BCUT2D eigenvalue weighted by Crippen LogP contribution is -2.61. The maximum atomic E-state index is 13.1. The molecule has 6 unspecified atom stereocenters. The largest absolute Gasteiger partial charge is 0.479 e. The molecule has 1 fully saturated rings. The normalized spacial score (nSPS) is 18.5. The molecule has 0 saturated carbocycles. The van der Waals surface area contributed by atoms with Gasteiger partial charge in [0.25, 0.3) is 0 Å². The summed E-state index contributed by atoms with van der Waals surface area (Å²) in [4.78, 5) is 51.1. The second kappa shape index (κ2) is 49.8. The van der Waals surface area contributed by atoms with E-state index in [-0.39, 0.29) is 25.9 Å². The second-order valence-electron chi connectivity index (χ2n) is 20.6. The fourth-order valence-electron chi connectivity index (χ4n) is 9.04. The molecule has 3 N–H and O–H groups in total. The van der Waals surface area contributed by atoms with Crippen LogP contribution in [-0.2, 0) is 42.9 Å². The van der Waals surface area contributed by atoms with Gasteiger partial charge in [0.1, 0.15) is 18.8 Å². The van der Waals surface area contributed by atoms with Gasteiger partial charge in [-0.2, -0.15) is 0 Å². The zero-order valence-electron chi connectivity index (χ0n) is 46.6. The molecule has 1 aliphatic heterocycles. The van der Waals surface area contributed by atoms with Crippen LogP contribution in [0.15, 0.2) is 36.5 Å². The fraction of sp³-hybridized carbons (Fsp3) is 0.836. The molecule has 0 amide bonds. The molecular weight excluding hydrogens is 925 g/mol. The standard InChI is InChI=1S/C61H108O12/c1-4-7-10-13-16-19-22-25-27-30-32-35-38-41-44-47-53(62)69-50-52(71-54(63)48-45-42-39-36-33-29-24-21-18-15-12-9-6-3)51-70-61-59(57(66)56(65)58(73-61)60(67)68)72-55(64)49-46-43-40-37-34-31-28-26-23-20-17-14-11-8-5-2/h16,19,21,24-25,27,52,56-59,61,65-66H,4-15,17-18,20,22-23,26,28-51H2,1-3H3,(H,67,68)/b19-16-,24-21-,27-25-. The molecule has 1 rings (SSSR count). The topological polar surface area (TPSA) is 175 Å². The number of hydrogen-bond acceptors (Lipinski definition) is 11. The highest BCUT2D eigenvalue weighted by molar-refractivity contribution is 5.74. The number of carboxylic acid groups (broad SMARTS) is 1. The first-order valence-corrected chi connectivity index (χ1v) is 30.0. The van der Waals surface area contributed by atoms with E-state index >= 15 is 0 Å². The number of esters is 3. The van der Waals surface area contributed by atoms with E-state index < -0.39 is 67.3 Å². The number of aliphatic carboxylic acids is 1. The summed E-state index contributed by atoms with van der Waals surface area (Å²) in [5, 5.41) is 31.5. The molecule has 424 valence electrons. The monoisotopic (exact) mass is 1030 g/mol. The minimum atomic E-state index is -1.90. The van der Waals surface area contributed by atoms with E-state index in [2.05, 4.69) is 57.2 Å². The first kappa shape index (κ1) is 68.0. The Morgan fingerprint density at radius 2 is 0.822 bits per heavy atom. The molecule has 0 spiro atoms. The number of carbonyl (C=O) groups is 4. The lowest BCUT2D eigenvalue weighted by atomic mass is 9.98. The van der Waals surface area contributed by atoms with E-state index in [0.717, 1.165) is 109 Å². The van der Waals surface area contributed by atoms with Crippen molar-refractivity contribution >= 4 is 23.9 Å². The Labute approximate surface area is 444 Å². The molecule has 12 heteroatoms. The van der Waals surface area contributed by atoms with Crippen LogP contribution in [0.2, 0.25) is 0 Å². The lowest BCUT2D eigenvalue weighted by Gasteiger charge is -2.40. The Bertz CT molecular complexity index is 1410. The minimum Gasteiger partial charge on any atom is -0.479 e. The molecule has 0 bridgehead atoms. The first-order valence-electron chi connectivity index (χ1n) is 30.0. The molecule has 0 aromatic heterocycles. The molecule has 73 heavy (non-hydrogen) atoms. The SMILES string of the molecule is CCCCC/C=C\C/C=C\CCCCCCCC(=O)OCC(COC1OC(C(=O)O)C(O)C(O)C1OC(=O)CCCCCCCCCCCCCCCCC)OC(=O)CCCCCCC/C=C\CCCCCC. The van der Waals surface area contributed by atoms with E-state index in [1.54, 1.807) is 0 Å². The number of aliphatic hydroxyl groups is 2. The number of ether oxygens (including phenoxy) is 5. The second-order valence-corrected chi connectivity index (χ2v) is 20.6. The van der Waals surface area contributed by atoms with Crippen LogP contribution >= 0.6 is 0 Å². The average molecular weight is 1030 g/mol. The van der Waals surface area contributed by atoms with Crippen molar-refractivity contribution in [2.75, 3.05) is 13.2 Å². The summed E-state index contributed by atoms with van der Waals surface area (Å²) in [6.45, 7) is 5.95. The molecule has 12 nitrogen and oxygen atoms in total. The number of aliphatic hydroxyl groups excluding tert-OH is 2. The number of rotatable bonds is 51. The third-order valence-electron chi connectivity index (χ3n) is 13.7. The highest BCUT2D eigenvalue weighted by Gasteiger charge is 2.50. The van der Waals surface area contributed by atoms with Gasteiger partial charge in [-0.25, -0.2) is 4.79 Å². The molecule has 6 atom stereocenters. The van der Waals surface area contributed by atoms with Gasteiger partial charge in [-0.15, -0.1) is 0 Å². The van der Waals surface area contributed by atoms with Gasteiger partial charge in [-0.1, -0.05) is 218 Å². The number of hydrogen-bond donors (Lipinski definition) is 3. The van der Waals surface area contributed by atoms with Gasteiger partial charge in [0.15, 0.2) is 24.6 Å². The molecule has 0 aromatic rings. The van der Waals surface area contributed by atoms with Crippen LogP contribution in [0, 0.1) is 0 Å². The number of carbonyl (C=O) groups excluding carboxylic acids is 3. The molecule has 1 saturated heterocycles. The Hall–Kier alpha value is -3.06. The Morgan fingerprint density at radius 3 is 1.29 bits per heavy atom. The van der Waals surface area contributed by atoms with Crippen LogP contribution < -0.4 is 0 Å². The highest BCUT2D eigenvalue weighted by atomic mass is 16.7. The fourth-order valence-corrected chi connectivity index (χ4v) is 9.04. The molecule has 1 heterocycles. The van der Waals surface area contributed by atoms with Crippen molar-refractivity contribution in [2.45, 2.75) is 314 Å². The van der Waals surface area contributed by atoms with Crippen molar-refractivity contribution in [1.82, 2.24) is 0 Å². The van der Waals surface area contributed by atoms with Crippen LogP contribution in [0.3, 0.4) is 0 Å². The smallest absolute Gasteiger partial charge is 0.335 e. The van der Waals surface area contributed by atoms with Crippen molar-refractivity contribution in [3.05, 3.63) is 36.5 Å². The predicted molar refractivity (Wildman–Crippen MR) is 294 cm³/mol. The quantitative estimate of drug-likeness (QED) is 0.0228. The summed E-state index contributed by atoms with van der Waals surface area (Å²) in [6, 6.07) is 0. The molecule has 1 aliphatic rings. The summed E-state index contributed by atoms with van der Waals surface area (Å²) in [5.74, 6) is -3.13. The Morgan fingerprint density at radius 1 is 0.452 bits per heavy atom. The van der Waals surface area contributed by atoms with E-state index in [1.807, 2.05) is 0 Å². The molecule has 0 radical (unpaired) electrons.